The molecule has 1 aliphatic heterocycles. The van der Waals surface area contributed by atoms with Crippen LogP contribution in [0, 0.1) is 12.8 Å². The Morgan fingerprint density at radius 2 is 1.73 bits per heavy atom. The molecule has 160 valence electrons. The van der Waals surface area contributed by atoms with E-state index in [0.29, 0.717) is 23.8 Å². The molecule has 1 atom stereocenters. The molecule has 0 spiro atoms. The maximum absolute atomic E-state index is 13.3. The molecule has 1 saturated heterocycles. The first-order chi connectivity index (χ1) is 14.3. The summed E-state index contributed by atoms with van der Waals surface area (Å²) >= 11 is 6.22. The third kappa shape index (κ3) is 5.61. The van der Waals surface area contributed by atoms with E-state index in [1.165, 1.54) is 0 Å². The van der Waals surface area contributed by atoms with Crippen LogP contribution in [-0.2, 0) is 9.59 Å². The minimum atomic E-state index is -0.416. The molecule has 5 nitrogen and oxygen atoms in total. The van der Waals surface area contributed by atoms with Gasteiger partial charge in [0.2, 0.25) is 11.8 Å². The summed E-state index contributed by atoms with van der Waals surface area (Å²) in [5.41, 5.74) is 2.59. The van der Waals surface area contributed by atoms with Gasteiger partial charge in [-0.25, -0.2) is 0 Å². The molecular formula is C24H30ClN3O2. The molecule has 1 fully saturated rings. The van der Waals surface area contributed by atoms with E-state index in [1.807, 2.05) is 63.2 Å². The molecule has 2 amide bonds. The van der Waals surface area contributed by atoms with Crippen molar-refractivity contribution in [3.05, 3.63) is 64.7 Å². The number of anilines is 1. The minimum absolute atomic E-state index is 0.000889. The lowest BCUT2D eigenvalue weighted by Gasteiger charge is -2.36. The molecule has 0 radical (unpaired) electrons. The molecule has 0 aliphatic carbocycles. The summed E-state index contributed by atoms with van der Waals surface area (Å²) in [6.45, 7) is 7.26. The van der Waals surface area contributed by atoms with Crippen LogP contribution in [0.1, 0.15) is 43.9 Å². The Hall–Kier alpha value is -2.37. The monoisotopic (exact) mass is 427 g/mol. The molecule has 0 aromatic heterocycles. The fourth-order valence-corrected chi connectivity index (χ4v) is 4.05. The smallest absolute Gasteiger partial charge is 0.246 e. The largest absolute Gasteiger partial charge is 0.354 e. The number of likely N-dealkylation sites (tertiary alicyclic amines) is 1. The van der Waals surface area contributed by atoms with E-state index in [1.54, 1.807) is 6.07 Å². The summed E-state index contributed by atoms with van der Waals surface area (Å²) in [5, 5.41) is 6.65. The van der Waals surface area contributed by atoms with E-state index in [-0.39, 0.29) is 23.8 Å². The number of halogens is 1. The Morgan fingerprint density at radius 3 is 2.33 bits per heavy atom. The fourth-order valence-electron chi connectivity index (χ4n) is 3.87. The van der Waals surface area contributed by atoms with E-state index in [4.69, 9.17) is 11.6 Å². The first kappa shape index (κ1) is 22.3. The molecule has 6 heteroatoms. The summed E-state index contributed by atoms with van der Waals surface area (Å²) in [6.07, 6.45) is 1.48. The van der Waals surface area contributed by atoms with Crippen molar-refractivity contribution in [3.63, 3.8) is 0 Å². The van der Waals surface area contributed by atoms with E-state index >= 15 is 0 Å². The summed E-state index contributed by atoms with van der Waals surface area (Å²) in [4.78, 5) is 27.8. The highest BCUT2D eigenvalue weighted by molar-refractivity contribution is 6.31. The Kier molecular flexibility index (Phi) is 7.51. The highest BCUT2D eigenvalue weighted by Crippen LogP contribution is 2.29. The number of hydrogen-bond acceptors (Lipinski definition) is 3. The van der Waals surface area contributed by atoms with Gasteiger partial charge >= 0.3 is 0 Å². The average Bonchev–Trinajstić information content (AvgIpc) is 2.72. The molecule has 1 unspecified atom stereocenters. The summed E-state index contributed by atoms with van der Waals surface area (Å²) in [7, 11) is 0. The third-order valence-corrected chi connectivity index (χ3v) is 5.91. The molecule has 2 aromatic rings. The van der Waals surface area contributed by atoms with Crippen molar-refractivity contribution < 1.29 is 9.59 Å². The zero-order chi connectivity index (χ0) is 21.7. The Bertz CT molecular complexity index is 877. The van der Waals surface area contributed by atoms with Crippen LogP contribution in [0.3, 0.4) is 0 Å². The molecule has 0 bridgehead atoms. The van der Waals surface area contributed by atoms with Gasteiger partial charge in [0, 0.05) is 22.7 Å². The number of amides is 2. The molecule has 1 heterocycles. The maximum atomic E-state index is 13.3. The van der Waals surface area contributed by atoms with Crippen molar-refractivity contribution in [1.29, 1.82) is 0 Å². The van der Waals surface area contributed by atoms with Crippen LogP contribution >= 0.6 is 11.6 Å². The Balaban J connectivity index is 1.74. The first-order valence-corrected chi connectivity index (χ1v) is 10.9. The quantitative estimate of drug-likeness (QED) is 0.710. The van der Waals surface area contributed by atoms with Crippen molar-refractivity contribution in [3.8, 4) is 0 Å². The topological polar surface area (TPSA) is 61.4 Å². The van der Waals surface area contributed by atoms with E-state index < -0.39 is 6.04 Å². The first-order valence-electron chi connectivity index (χ1n) is 10.5. The van der Waals surface area contributed by atoms with E-state index in [0.717, 1.165) is 24.0 Å². The molecule has 3 rings (SSSR count). The number of carbonyl (C=O) groups excluding carboxylic acids is 2. The molecule has 1 aliphatic rings. The fraction of sp³-hybridized carbons (Fsp3) is 0.417. The molecular weight excluding hydrogens is 398 g/mol. The normalized spacial score (nSPS) is 16.3. The highest BCUT2D eigenvalue weighted by atomic mass is 35.5. The van der Waals surface area contributed by atoms with Crippen LogP contribution < -0.4 is 10.6 Å². The number of benzene rings is 2. The number of hydrogen-bond donors (Lipinski definition) is 2. The van der Waals surface area contributed by atoms with Gasteiger partial charge in [0.05, 0.1) is 0 Å². The van der Waals surface area contributed by atoms with Crippen LogP contribution in [0.25, 0.3) is 0 Å². The summed E-state index contributed by atoms with van der Waals surface area (Å²) in [6, 6.07) is 15.0. The van der Waals surface area contributed by atoms with Crippen molar-refractivity contribution in [2.45, 2.75) is 45.7 Å². The number of piperidine rings is 1. The van der Waals surface area contributed by atoms with E-state index in [2.05, 4.69) is 15.5 Å². The second-order valence-electron chi connectivity index (χ2n) is 8.24. The standard InChI is InChI=1S/C24H30ClN3O2/c1-16(2)26-23(29)19-11-13-28(14-12-19)22(18-7-5-4-6-8-18)24(30)27-20-10-9-17(3)21(25)15-20/h4-10,15-16,19,22H,11-14H2,1-3H3,(H,26,29)(H,27,30). The van der Waals surface area contributed by atoms with Crippen molar-refractivity contribution in [2.24, 2.45) is 5.92 Å². The van der Waals surface area contributed by atoms with Gasteiger partial charge in [0.1, 0.15) is 6.04 Å². The zero-order valence-corrected chi connectivity index (χ0v) is 18.6. The number of nitrogens with one attached hydrogen (secondary N) is 2. The van der Waals surface area contributed by atoms with Crippen LogP contribution in [0.4, 0.5) is 5.69 Å². The van der Waals surface area contributed by atoms with Gasteiger partial charge in [-0.15, -0.1) is 0 Å². The number of aryl methyl sites for hydroxylation is 1. The highest BCUT2D eigenvalue weighted by Gasteiger charge is 2.33. The lowest BCUT2D eigenvalue weighted by molar-refractivity contribution is -0.127. The van der Waals surface area contributed by atoms with Crippen molar-refractivity contribution in [1.82, 2.24) is 10.2 Å². The average molecular weight is 428 g/mol. The summed E-state index contributed by atoms with van der Waals surface area (Å²) < 4.78 is 0. The predicted octanol–water partition coefficient (Wildman–Crippen LogP) is 4.56. The van der Waals surface area contributed by atoms with E-state index in [9.17, 15) is 9.59 Å². The van der Waals surface area contributed by atoms with Gasteiger partial charge in [-0.1, -0.05) is 48.0 Å². The van der Waals surface area contributed by atoms with Crippen LogP contribution in [-0.4, -0.2) is 35.8 Å². The molecule has 2 N–H and O–H groups in total. The molecule has 0 saturated carbocycles. The second-order valence-corrected chi connectivity index (χ2v) is 8.65. The zero-order valence-electron chi connectivity index (χ0n) is 17.8. The lowest BCUT2D eigenvalue weighted by Crippen LogP contribution is -2.46. The van der Waals surface area contributed by atoms with Gasteiger partial charge in [0.15, 0.2) is 0 Å². The number of nitrogens with zero attached hydrogens (tertiary/aromatic N) is 1. The predicted molar refractivity (Wildman–Crippen MR) is 122 cm³/mol. The van der Waals surface area contributed by atoms with Gasteiger partial charge in [-0.2, -0.15) is 0 Å². The van der Waals surface area contributed by atoms with Gasteiger partial charge in [-0.05, 0) is 70.0 Å². The maximum Gasteiger partial charge on any atom is 0.246 e. The van der Waals surface area contributed by atoms with Gasteiger partial charge in [-0.3, -0.25) is 14.5 Å². The summed E-state index contributed by atoms with van der Waals surface area (Å²) in [5.74, 6) is 0.0184. The van der Waals surface area contributed by atoms with Gasteiger partial charge < -0.3 is 10.6 Å². The van der Waals surface area contributed by atoms with Crippen molar-refractivity contribution in [2.75, 3.05) is 18.4 Å². The second kappa shape index (κ2) is 10.1. The van der Waals surface area contributed by atoms with Crippen molar-refractivity contribution >= 4 is 29.1 Å². The molecule has 30 heavy (non-hydrogen) atoms. The Labute approximate surface area is 183 Å². The number of rotatable bonds is 6. The third-order valence-electron chi connectivity index (χ3n) is 5.50. The SMILES string of the molecule is Cc1ccc(NC(=O)C(c2ccccc2)N2CCC(C(=O)NC(C)C)CC2)cc1Cl. The Morgan fingerprint density at radius 1 is 1.07 bits per heavy atom. The van der Waals surface area contributed by atoms with Crippen LogP contribution in [0.5, 0.6) is 0 Å². The van der Waals surface area contributed by atoms with Gasteiger partial charge in [0.25, 0.3) is 0 Å². The lowest BCUT2D eigenvalue weighted by atomic mass is 9.93. The van der Waals surface area contributed by atoms with Crippen LogP contribution in [0.15, 0.2) is 48.5 Å². The number of carbonyl (C=O) groups is 2. The molecule has 2 aromatic carbocycles. The van der Waals surface area contributed by atoms with Crippen LogP contribution in [0.2, 0.25) is 5.02 Å². The minimum Gasteiger partial charge on any atom is -0.354 e.